The molecule has 0 saturated carbocycles. The van der Waals surface area contributed by atoms with Crippen LogP contribution >= 0.6 is 27.4 Å². The van der Waals surface area contributed by atoms with E-state index in [4.69, 9.17) is 24.2 Å². The predicted octanol–water partition coefficient (Wildman–Crippen LogP) is 8.72. The van der Waals surface area contributed by atoms with E-state index in [9.17, 15) is 0 Å². The van der Waals surface area contributed by atoms with E-state index in [1.165, 1.54) is 33.5 Å². The molecule has 214 valence electrons. The second-order valence-corrected chi connectivity index (χ2v) is 16.3. The van der Waals surface area contributed by atoms with Gasteiger partial charge in [0, 0.05) is 0 Å². The zero-order valence-corrected chi connectivity index (χ0v) is 28.7. The zero-order valence-electron chi connectivity index (χ0n) is 23.8. The molecule has 5 aromatic rings. The maximum Gasteiger partial charge on any atom is 2.00 e. The minimum atomic E-state index is -0.348. The Balaban J connectivity index is 0.000000378. The van der Waals surface area contributed by atoms with Crippen molar-refractivity contribution in [1.82, 2.24) is 0 Å². The first-order chi connectivity index (χ1) is 19.3. The van der Waals surface area contributed by atoms with Gasteiger partial charge in [0.15, 0.2) is 0 Å². The van der Waals surface area contributed by atoms with Gasteiger partial charge in [0.1, 0.15) is 0 Å². The van der Waals surface area contributed by atoms with Gasteiger partial charge < -0.3 is 12.6 Å². The van der Waals surface area contributed by atoms with E-state index in [0.29, 0.717) is 0 Å². The fraction of sp³-hybridized carbons (Fsp3) is 0.167. The molecule has 0 bridgehead atoms. The van der Waals surface area contributed by atoms with Crippen molar-refractivity contribution in [2.75, 3.05) is 12.3 Å². The normalized spacial score (nSPS) is 10.5. The first-order valence-corrected chi connectivity index (χ1v) is 17.2. The fourth-order valence-corrected chi connectivity index (χ4v) is 9.30. The van der Waals surface area contributed by atoms with E-state index in [0.717, 1.165) is 5.02 Å². The van der Waals surface area contributed by atoms with E-state index < -0.39 is 0 Å². The Morgan fingerprint density at radius 1 is 0.537 bits per heavy atom. The Morgan fingerprint density at radius 3 is 0.976 bits per heavy atom. The first-order valence-electron chi connectivity index (χ1n) is 13.4. The molecule has 0 spiro atoms. The molecule has 0 nitrogen and oxygen atoms in total. The van der Waals surface area contributed by atoms with Gasteiger partial charge in [-0.1, -0.05) is 147 Å². The van der Waals surface area contributed by atoms with Crippen LogP contribution in [-0.4, -0.2) is 17.1 Å². The topological polar surface area (TPSA) is 0 Å². The molecule has 0 heterocycles. The maximum atomic E-state index is 5.52. The van der Waals surface area contributed by atoms with Crippen LogP contribution in [0.2, 0.25) is 5.02 Å². The Morgan fingerprint density at radius 2 is 0.780 bits per heavy atom. The van der Waals surface area contributed by atoms with E-state index in [-0.39, 0.29) is 41.0 Å². The van der Waals surface area contributed by atoms with Crippen molar-refractivity contribution < 1.29 is 20.4 Å². The van der Waals surface area contributed by atoms with Crippen molar-refractivity contribution in [2.24, 2.45) is 0 Å². The second kappa shape index (κ2) is 19.5. The van der Waals surface area contributed by atoms with Gasteiger partial charge in [0.05, 0.1) is 0 Å². The molecule has 0 amide bonds. The summed E-state index contributed by atoms with van der Waals surface area (Å²) in [5, 5.41) is 6.65. The molecular formula is C36H37ClP2PdS. The van der Waals surface area contributed by atoms with Gasteiger partial charge in [-0.05, 0) is 49.4 Å². The molecule has 0 aliphatic heterocycles. The van der Waals surface area contributed by atoms with Crippen molar-refractivity contribution in [2.45, 2.75) is 25.5 Å². The monoisotopic (exact) mass is 704 g/mol. The van der Waals surface area contributed by atoms with Crippen LogP contribution in [0.4, 0.5) is 0 Å². The summed E-state index contributed by atoms with van der Waals surface area (Å²) in [5.74, 6) is 0. The third-order valence-corrected chi connectivity index (χ3v) is 11.1. The molecule has 0 saturated heterocycles. The molecule has 0 aliphatic carbocycles. The smallest absolute Gasteiger partial charge is 0.787 e. The molecular weight excluding hydrogens is 668 g/mol. The molecule has 0 N–H and O–H groups in total. The SMILES string of the molecule is CC(C)(C)[S-].Clc1cc[c-]cc1.[Pd+2].c1ccc(P(CCP(c2ccccc2)c2ccccc2)c2ccccc2)cc1. The number of hydrogen-bond acceptors (Lipinski definition) is 1. The molecule has 0 aliphatic rings. The summed E-state index contributed by atoms with van der Waals surface area (Å²) < 4.78 is 0.0833. The van der Waals surface area contributed by atoms with Crippen molar-refractivity contribution >= 4 is 61.3 Å². The number of rotatable bonds is 7. The maximum absolute atomic E-state index is 5.52. The van der Waals surface area contributed by atoms with Crippen LogP contribution in [0.15, 0.2) is 146 Å². The van der Waals surface area contributed by atoms with E-state index in [2.05, 4.69) is 127 Å². The fourth-order valence-electron chi connectivity index (χ4n) is 3.81. The molecule has 0 unspecified atom stereocenters. The third-order valence-electron chi connectivity index (χ3n) is 5.50. The van der Waals surface area contributed by atoms with Crippen LogP contribution in [-0.2, 0) is 33.1 Å². The summed E-state index contributed by atoms with van der Waals surface area (Å²) in [7, 11) is -0.696. The summed E-state index contributed by atoms with van der Waals surface area (Å²) in [5.41, 5.74) is 0. The molecule has 0 atom stereocenters. The minimum Gasteiger partial charge on any atom is -0.787 e. The van der Waals surface area contributed by atoms with Gasteiger partial charge in [0.25, 0.3) is 0 Å². The first kappa shape index (κ1) is 35.5. The van der Waals surface area contributed by atoms with Crippen LogP contribution in [0.3, 0.4) is 0 Å². The van der Waals surface area contributed by atoms with Crippen molar-refractivity contribution in [3.05, 3.63) is 157 Å². The zero-order chi connectivity index (χ0) is 28.6. The quantitative estimate of drug-likeness (QED) is 0.0707. The molecule has 0 fully saturated rings. The minimum absolute atomic E-state index is 0. The predicted molar refractivity (Wildman–Crippen MR) is 185 cm³/mol. The molecule has 0 radical (unpaired) electrons. The summed E-state index contributed by atoms with van der Waals surface area (Å²) in [6, 6.07) is 54.2. The number of halogens is 1. The summed E-state index contributed by atoms with van der Waals surface area (Å²) in [6.45, 7) is 6.01. The summed E-state index contributed by atoms with van der Waals surface area (Å²) >= 11 is 10.3. The van der Waals surface area contributed by atoms with Gasteiger partial charge in [0.2, 0.25) is 0 Å². The van der Waals surface area contributed by atoms with E-state index in [1.54, 1.807) is 24.3 Å². The molecule has 0 aromatic heterocycles. The van der Waals surface area contributed by atoms with Crippen LogP contribution < -0.4 is 21.2 Å². The van der Waals surface area contributed by atoms with Gasteiger partial charge in [-0.25, -0.2) is 0 Å². The van der Waals surface area contributed by atoms with Crippen molar-refractivity contribution in [1.29, 1.82) is 0 Å². The van der Waals surface area contributed by atoms with Gasteiger partial charge >= 0.3 is 20.4 Å². The molecule has 5 rings (SSSR count). The Kier molecular flexibility index (Phi) is 16.8. The van der Waals surface area contributed by atoms with Crippen molar-refractivity contribution in [3.63, 3.8) is 0 Å². The molecule has 41 heavy (non-hydrogen) atoms. The van der Waals surface area contributed by atoms with Gasteiger partial charge in [-0.3, -0.25) is 0 Å². The van der Waals surface area contributed by atoms with E-state index >= 15 is 0 Å². The molecule has 5 heteroatoms. The third kappa shape index (κ3) is 14.3. The van der Waals surface area contributed by atoms with Crippen molar-refractivity contribution in [3.8, 4) is 0 Å². The number of hydrogen-bond donors (Lipinski definition) is 0. The Hall–Kier alpha value is -1.74. The second-order valence-electron chi connectivity index (χ2n) is 9.98. The largest absolute Gasteiger partial charge is 2.00 e. The average molecular weight is 706 g/mol. The van der Waals surface area contributed by atoms with E-state index in [1.807, 2.05) is 20.8 Å². The van der Waals surface area contributed by atoms with Gasteiger partial charge in [-0.15, -0.1) is 11.6 Å². The van der Waals surface area contributed by atoms with Gasteiger partial charge in [-0.2, -0.15) is 35.1 Å². The standard InChI is InChI=1S/C26H24P2.C6H4Cl.C4H10S.Pd/c1-5-13-23(14-6-1)27(24-15-7-2-8-16-24)21-22-28(25-17-9-3-10-18-25)26-19-11-4-12-20-26;7-6-4-2-1-3-5-6;1-4(2,3)5;/h1-20H,21-22H2;2-5H;5H,1-3H3;/q;-1;;+2/p-1. The van der Waals surface area contributed by atoms with Crippen LogP contribution in [0.25, 0.3) is 0 Å². The Bertz CT molecular complexity index is 1170. The summed E-state index contributed by atoms with van der Waals surface area (Å²) in [6.07, 6.45) is 2.41. The summed E-state index contributed by atoms with van der Waals surface area (Å²) in [4.78, 5) is 0. The average Bonchev–Trinajstić information content (AvgIpc) is 2.97. The molecule has 5 aromatic carbocycles. The number of benzene rings is 5. The van der Waals surface area contributed by atoms with Crippen LogP contribution in [0.5, 0.6) is 0 Å². The Labute approximate surface area is 274 Å². The van der Waals surface area contributed by atoms with Crippen LogP contribution in [0, 0.1) is 6.07 Å². The van der Waals surface area contributed by atoms with Crippen LogP contribution in [0.1, 0.15) is 20.8 Å².